The van der Waals surface area contributed by atoms with E-state index in [4.69, 9.17) is 23.8 Å². The van der Waals surface area contributed by atoms with Crippen LogP contribution in [0.4, 0.5) is 22.0 Å². The molecule has 3 rings (SSSR count). The molecule has 0 fully saturated rings. The molecule has 126 valence electrons. The molecule has 0 radical (unpaired) electrons. The van der Waals surface area contributed by atoms with Crippen molar-refractivity contribution >= 4 is 34.9 Å². The third kappa shape index (κ3) is 2.65. The summed E-state index contributed by atoms with van der Waals surface area (Å²) in [4.78, 5) is 5.16. The lowest BCUT2D eigenvalue weighted by Gasteiger charge is -2.18. The summed E-state index contributed by atoms with van der Waals surface area (Å²) in [7, 11) is 0. The maximum absolute atomic E-state index is 13.6. The molecule has 0 spiro atoms. The van der Waals surface area contributed by atoms with Gasteiger partial charge in [-0.2, -0.15) is 27.1 Å². The summed E-state index contributed by atoms with van der Waals surface area (Å²) in [5.41, 5.74) is 0.215. The number of aromatic amines is 1. The molecule has 0 unspecified atom stereocenters. The van der Waals surface area contributed by atoms with E-state index in [0.29, 0.717) is 10.7 Å². The molecule has 1 aromatic carbocycles. The zero-order valence-electron chi connectivity index (χ0n) is 11.4. The van der Waals surface area contributed by atoms with Gasteiger partial charge in [0.25, 0.3) is 0 Å². The van der Waals surface area contributed by atoms with Crippen molar-refractivity contribution in [3.63, 3.8) is 0 Å². The Kier molecular flexibility index (Phi) is 3.83. The second-order valence-electron chi connectivity index (χ2n) is 4.76. The maximum atomic E-state index is 13.6. The molecule has 0 saturated carbocycles. The van der Waals surface area contributed by atoms with Gasteiger partial charge in [0.05, 0.1) is 17.3 Å². The highest BCUT2D eigenvalue weighted by molar-refractivity contribution is 7.71. The summed E-state index contributed by atoms with van der Waals surface area (Å²) in [6, 6.07) is 6.17. The van der Waals surface area contributed by atoms with Gasteiger partial charge in [-0.15, -0.1) is 0 Å². The lowest BCUT2D eigenvalue weighted by atomic mass is 10.3. The van der Waals surface area contributed by atoms with E-state index >= 15 is 0 Å². The van der Waals surface area contributed by atoms with Crippen molar-refractivity contribution in [2.45, 2.75) is 12.1 Å². The summed E-state index contributed by atoms with van der Waals surface area (Å²) in [5.74, 6) is -6.78. The number of benzene rings is 1. The lowest BCUT2D eigenvalue weighted by molar-refractivity contribution is -0.292. The topological polar surface area (TPSA) is 46.5 Å². The monoisotopic (exact) mass is 380 g/mol. The van der Waals surface area contributed by atoms with Gasteiger partial charge in [0.1, 0.15) is 10.3 Å². The quantitative estimate of drug-likeness (QED) is 0.514. The van der Waals surface area contributed by atoms with Crippen LogP contribution in [-0.2, 0) is 5.92 Å². The fourth-order valence-corrected chi connectivity index (χ4v) is 2.44. The van der Waals surface area contributed by atoms with Crippen LogP contribution in [0, 0.1) is 4.64 Å². The zero-order chi connectivity index (χ0) is 17.7. The molecule has 0 aliphatic rings. The van der Waals surface area contributed by atoms with Crippen LogP contribution in [0.25, 0.3) is 16.7 Å². The van der Waals surface area contributed by atoms with Crippen molar-refractivity contribution in [1.29, 1.82) is 0 Å². The Morgan fingerprint density at radius 1 is 1.17 bits per heavy atom. The fraction of sp³-hybridized carbons (Fsp3) is 0.154. The molecule has 4 nitrogen and oxygen atoms in total. The highest BCUT2D eigenvalue weighted by atomic mass is 35.5. The van der Waals surface area contributed by atoms with Gasteiger partial charge in [-0.1, -0.05) is 29.9 Å². The minimum atomic E-state index is -5.81. The molecule has 0 amide bonds. The molecule has 1 N–H and O–H groups in total. The number of H-pyrrole nitrogens is 1. The summed E-state index contributed by atoms with van der Waals surface area (Å²) in [5, 5.41) is 4.42. The van der Waals surface area contributed by atoms with E-state index in [-0.39, 0.29) is 11.0 Å². The second-order valence-corrected chi connectivity index (χ2v) is 5.58. The van der Waals surface area contributed by atoms with Crippen molar-refractivity contribution < 1.29 is 22.0 Å². The predicted octanol–water partition coefficient (Wildman–Crippen LogP) is 4.79. The molecule has 2 heterocycles. The van der Waals surface area contributed by atoms with E-state index in [1.165, 1.54) is 12.3 Å². The van der Waals surface area contributed by atoms with Gasteiger partial charge in [-0.25, -0.2) is 9.67 Å². The number of nitrogens with zero attached hydrogens (tertiary/aromatic N) is 3. The van der Waals surface area contributed by atoms with E-state index < -0.39 is 22.6 Å². The second kappa shape index (κ2) is 5.49. The Bertz CT molecular complexity index is 978. The first kappa shape index (κ1) is 16.8. The van der Waals surface area contributed by atoms with E-state index in [1.807, 2.05) is 4.98 Å². The molecule has 0 aliphatic heterocycles. The third-order valence-corrected chi connectivity index (χ3v) is 3.70. The maximum Gasteiger partial charge on any atom is 0.461 e. The van der Waals surface area contributed by atoms with Gasteiger partial charge in [-0.05, 0) is 18.2 Å². The van der Waals surface area contributed by atoms with Crippen molar-refractivity contribution in [2.75, 3.05) is 0 Å². The largest absolute Gasteiger partial charge is 0.461 e. The molecule has 0 bridgehead atoms. The number of aromatic nitrogens is 4. The predicted molar refractivity (Wildman–Crippen MR) is 79.0 cm³/mol. The third-order valence-electron chi connectivity index (χ3n) is 3.16. The average molecular weight is 381 g/mol. The van der Waals surface area contributed by atoms with Crippen molar-refractivity contribution in [2.24, 2.45) is 0 Å². The number of alkyl halides is 5. The first-order valence-electron chi connectivity index (χ1n) is 6.30. The van der Waals surface area contributed by atoms with Crippen LogP contribution in [-0.4, -0.2) is 25.9 Å². The van der Waals surface area contributed by atoms with Crippen LogP contribution in [0.5, 0.6) is 0 Å². The minimum Gasteiger partial charge on any atom is -0.322 e. The number of nitrogens with one attached hydrogen (secondary N) is 1. The van der Waals surface area contributed by atoms with Gasteiger partial charge >= 0.3 is 12.1 Å². The molecule has 2 aromatic heterocycles. The Morgan fingerprint density at radius 2 is 1.88 bits per heavy atom. The first-order chi connectivity index (χ1) is 11.1. The molecule has 3 aromatic rings. The lowest BCUT2D eigenvalue weighted by Crippen LogP contribution is -2.35. The normalized spacial score (nSPS) is 12.8. The number of fused-ring (bicyclic) bond motifs is 1. The van der Waals surface area contributed by atoms with Crippen molar-refractivity contribution in [1.82, 2.24) is 19.7 Å². The van der Waals surface area contributed by atoms with Crippen LogP contribution in [0.1, 0.15) is 5.82 Å². The van der Waals surface area contributed by atoms with Crippen LogP contribution in [0.15, 0.2) is 30.5 Å². The number of halogens is 6. The Labute approximate surface area is 140 Å². The van der Waals surface area contributed by atoms with Gasteiger partial charge < -0.3 is 4.98 Å². The summed E-state index contributed by atoms with van der Waals surface area (Å²) in [6.07, 6.45) is -4.59. The number of rotatable bonds is 2. The molecule has 24 heavy (non-hydrogen) atoms. The number of hydrogen-bond acceptors (Lipinski definition) is 3. The Hall–Kier alpha value is -2.07. The van der Waals surface area contributed by atoms with Crippen LogP contribution >= 0.6 is 23.8 Å². The highest BCUT2D eigenvalue weighted by Crippen LogP contribution is 2.42. The Morgan fingerprint density at radius 3 is 2.50 bits per heavy atom. The summed E-state index contributed by atoms with van der Waals surface area (Å²) < 4.78 is 65.5. The van der Waals surface area contributed by atoms with Crippen molar-refractivity contribution in [3.8, 4) is 5.69 Å². The standard InChI is InChI=1S/C13H6ClF5N4S/c14-6-2-1-3-7(4-6)23-9-8(5-20-23)10(24)22-11(21-9)12(15,16)13(17,18)19/h1-5H,(H,21,22,24). The van der Waals surface area contributed by atoms with Crippen LogP contribution in [0.3, 0.4) is 0 Å². The fourth-order valence-electron chi connectivity index (χ4n) is 2.01. The van der Waals surface area contributed by atoms with Gasteiger partial charge in [-0.3, -0.25) is 0 Å². The minimum absolute atomic E-state index is 0.131. The number of hydrogen-bond donors (Lipinski definition) is 1. The smallest absolute Gasteiger partial charge is 0.322 e. The van der Waals surface area contributed by atoms with Crippen molar-refractivity contribution in [3.05, 3.63) is 45.9 Å². The average Bonchev–Trinajstić information content (AvgIpc) is 2.90. The molecule has 0 atom stereocenters. The van der Waals surface area contributed by atoms with Gasteiger partial charge in [0, 0.05) is 5.02 Å². The zero-order valence-corrected chi connectivity index (χ0v) is 13.0. The summed E-state index contributed by atoms with van der Waals surface area (Å²) in [6.45, 7) is 0. The molecule has 11 heteroatoms. The van der Waals surface area contributed by atoms with E-state index in [0.717, 1.165) is 4.68 Å². The van der Waals surface area contributed by atoms with E-state index in [2.05, 4.69) is 10.1 Å². The highest BCUT2D eigenvalue weighted by Gasteiger charge is 2.61. The first-order valence-corrected chi connectivity index (χ1v) is 7.09. The van der Waals surface area contributed by atoms with E-state index in [1.54, 1.807) is 18.2 Å². The summed E-state index contributed by atoms with van der Waals surface area (Å²) >= 11 is 10.7. The Balaban J connectivity index is 2.28. The van der Waals surface area contributed by atoms with Crippen LogP contribution in [0.2, 0.25) is 5.02 Å². The molecule has 0 aliphatic carbocycles. The van der Waals surface area contributed by atoms with Crippen LogP contribution < -0.4 is 0 Å². The molecule has 0 saturated heterocycles. The van der Waals surface area contributed by atoms with Gasteiger partial charge in [0.15, 0.2) is 5.82 Å². The van der Waals surface area contributed by atoms with E-state index in [9.17, 15) is 22.0 Å². The SMILES string of the molecule is FC(F)(F)C(F)(F)c1nc(=S)c2cnn(-c3cccc(Cl)c3)c2[nH]1. The molecular formula is C13H6ClF5N4S. The van der Waals surface area contributed by atoms with Gasteiger partial charge in [0.2, 0.25) is 0 Å². The molecular weight excluding hydrogens is 375 g/mol.